The first-order chi connectivity index (χ1) is 9.78. The minimum atomic E-state index is -0.527. The van der Waals surface area contributed by atoms with Gasteiger partial charge in [0.25, 0.3) is 0 Å². The number of benzene rings is 1. The maximum Gasteiger partial charge on any atom is 0.410 e. The van der Waals surface area contributed by atoms with Crippen LogP contribution < -0.4 is 5.32 Å². The normalized spacial score (nSPS) is 10.9. The Bertz CT molecular complexity index is 466. The van der Waals surface area contributed by atoms with E-state index in [9.17, 15) is 9.59 Å². The van der Waals surface area contributed by atoms with E-state index in [-0.39, 0.29) is 12.3 Å². The summed E-state index contributed by atoms with van der Waals surface area (Å²) in [6.07, 6.45) is -0.166. The maximum atomic E-state index is 11.7. The molecule has 5 nitrogen and oxygen atoms in total. The quantitative estimate of drug-likeness (QED) is 0.907. The van der Waals surface area contributed by atoms with Crippen molar-refractivity contribution in [3.8, 4) is 0 Å². The summed E-state index contributed by atoms with van der Waals surface area (Å²) in [7, 11) is 1.62. The number of hydrogen-bond acceptors (Lipinski definition) is 3. The number of hydrogen-bond donors (Lipinski definition) is 1. The SMILES string of the molecule is CN(CCC(=O)NCc1ccccc1)C(=O)OC(C)(C)C. The summed E-state index contributed by atoms with van der Waals surface area (Å²) in [6, 6.07) is 9.69. The van der Waals surface area contributed by atoms with Crippen LogP contribution in [-0.2, 0) is 16.1 Å². The van der Waals surface area contributed by atoms with Crippen molar-refractivity contribution in [3.63, 3.8) is 0 Å². The van der Waals surface area contributed by atoms with E-state index in [0.29, 0.717) is 13.1 Å². The van der Waals surface area contributed by atoms with Crippen molar-refractivity contribution in [1.82, 2.24) is 10.2 Å². The van der Waals surface area contributed by atoms with Gasteiger partial charge in [0.15, 0.2) is 0 Å². The van der Waals surface area contributed by atoms with Crippen LogP contribution >= 0.6 is 0 Å². The molecule has 0 atom stereocenters. The van der Waals surface area contributed by atoms with Crippen molar-refractivity contribution in [2.24, 2.45) is 0 Å². The minimum Gasteiger partial charge on any atom is -0.444 e. The van der Waals surface area contributed by atoms with Crippen molar-refractivity contribution in [3.05, 3.63) is 35.9 Å². The van der Waals surface area contributed by atoms with Gasteiger partial charge in [-0.15, -0.1) is 0 Å². The molecule has 1 rings (SSSR count). The van der Waals surface area contributed by atoms with Gasteiger partial charge in [-0.3, -0.25) is 4.79 Å². The summed E-state index contributed by atoms with van der Waals surface area (Å²) < 4.78 is 5.22. The van der Waals surface area contributed by atoms with Crippen LogP contribution in [0.2, 0.25) is 0 Å². The Morgan fingerprint density at radius 2 is 1.81 bits per heavy atom. The van der Waals surface area contributed by atoms with E-state index in [1.807, 2.05) is 51.1 Å². The highest BCUT2D eigenvalue weighted by Crippen LogP contribution is 2.09. The van der Waals surface area contributed by atoms with Crippen LogP contribution in [-0.4, -0.2) is 36.1 Å². The lowest BCUT2D eigenvalue weighted by Gasteiger charge is -2.24. The van der Waals surface area contributed by atoms with Gasteiger partial charge in [-0.2, -0.15) is 0 Å². The smallest absolute Gasteiger partial charge is 0.410 e. The molecule has 0 fully saturated rings. The number of ether oxygens (including phenoxy) is 1. The molecule has 1 N–H and O–H groups in total. The fourth-order valence-corrected chi connectivity index (χ4v) is 1.59. The van der Waals surface area contributed by atoms with Gasteiger partial charge in [-0.25, -0.2) is 4.79 Å². The topological polar surface area (TPSA) is 58.6 Å². The summed E-state index contributed by atoms with van der Waals surface area (Å²) >= 11 is 0. The molecule has 0 saturated heterocycles. The van der Waals surface area contributed by atoms with Crippen LogP contribution in [0.4, 0.5) is 4.79 Å². The molecule has 0 aromatic heterocycles. The number of carbonyl (C=O) groups is 2. The Balaban J connectivity index is 2.28. The molecule has 0 radical (unpaired) electrons. The third-order valence-corrected chi connectivity index (χ3v) is 2.71. The number of nitrogens with zero attached hydrogens (tertiary/aromatic N) is 1. The molecule has 0 heterocycles. The fourth-order valence-electron chi connectivity index (χ4n) is 1.59. The Labute approximate surface area is 126 Å². The average molecular weight is 292 g/mol. The minimum absolute atomic E-state index is 0.0886. The zero-order chi connectivity index (χ0) is 15.9. The molecule has 21 heavy (non-hydrogen) atoms. The summed E-state index contributed by atoms with van der Waals surface area (Å²) in [4.78, 5) is 24.9. The lowest BCUT2D eigenvalue weighted by molar-refractivity contribution is -0.121. The van der Waals surface area contributed by atoms with E-state index < -0.39 is 11.7 Å². The van der Waals surface area contributed by atoms with Crippen LogP contribution in [0.1, 0.15) is 32.8 Å². The fraction of sp³-hybridized carbons (Fsp3) is 0.500. The van der Waals surface area contributed by atoms with Crippen LogP contribution in [0.5, 0.6) is 0 Å². The zero-order valence-electron chi connectivity index (χ0n) is 13.2. The van der Waals surface area contributed by atoms with Gasteiger partial charge in [0, 0.05) is 26.6 Å². The zero-order valence-corrected chi connectivity index (χ0v) is 13.2. The number of carbonyl (C=O) groups excluding carboxylic acids is 2. The molecular weight excluding hydrogens is 268 g/mol. The molecule has 0 unspecified atom stereocenters. The molecule has 0 spiro atoms. The molecular formula is C16H24N2O3. The third-order valence-electron chi connectivity index (χ3n) is 2.71. The van der Waals surface area contributed by atoms with E-state index >= 15 is 0 Å². The van der Waals surface area contributed by atoms with Crippen LogP contribution in [0, 0.1) is 0 Å². The van der Waals surface area contributed by atoms with Gasteiger partial charge in [-0.05, 0) is 26.3 Å². The summed E-state index contributed by atoms with van der Waals surface area (Å²) in [5, 5.41) is 2.82. The molecule has 0 aliphatic rings. The first-order valence-corrected chi connectivity index (χ1v) is 7.02. The first kappa shape index (κ1) is 17.0. The maximum absolute atomic E-state index is 11.7. The van der Waals surface area contributed by atoms with Gasteiger partial charge in [0.05, 0.1) is 0 Å². The highest BCUT2D eigenvalue weighted by atomic mass is 16.6. The number of nitrogens with one attached hydrogen (secondary N) is 1. The Hall–Kier alpha value is -2.04. The van der Waals surface area contributed by atoms with Gasteiger partial charge in [0.1, 0.15) is 5.60 Å². The standard InChI is InChI=1S/C16H24N2O3/c1-16(2,3)21-15(20)18(4)11-10-14(19)17-12-13-8-6-5-7-9-13/h5-9H,10-12H2,1-4H3,(H,17,19). The summed E-state index contributed by atoms with van der Waals surface area (Å²) in [5.41, 5.74) is 0.521. The molecule has 0 aliphatic carbocycles. The summed E-state index contributed by atoms with van der Waals surface area (Å²) in [6.45, 7) is 6.26. The Kier molecular flexibility index (Phi) is 6.21. The molecule has 0 saturated carbocycles. The first-order valence-electron chi connectivity index (χ1n) is 7.02. The predicted octanol–water partition coefficient (Wildman–Crippen LogP) is 2.56. The second-order valence-corrected chi connectivity index (χ2v) is 5.91. The molecule has 1 aromatic carbocycles. The lowest BCUT2D eigenvalue weighted by atomic mass is 10.2. The molecule has 0 bridgehead atoms. The molecule has 116 valence electrons. The van der Waals surface area contributed by atoms with Crippen molar-refractivity contribution >= 4 is 12.0 Å². The van der Waals surface area contributed by atoms with Crippen molar-refractivity contribution in [1.29, 1.82) is 0 Å². The summed E-state index contributed by atoms with van der Waals surface area (Å²) in [5.74, 6) is -0.0886. The lowest BCUT2D eigenvalue weighted by Crippen LogP contribution is -2.36. The molecule has 0 aliphatic heterocycles. The number of amides is 2. The van der Waals surface area contributed by atoms with Crippen LogP contribution in [0.25, 0.3) is 0 Å². The van der Waals surface area contributed by atoms with E-state index in [0.717, 1.165) is 5.56 Å². The van der Waals surface area contributed by atoms with E-state index in [4.69, 9.17) is 4.74 Å². The van der Waals surface area contributed by atoms with Gasteiger partial charge < -0.3 is 15.0 Å². The molecule has 5 heteroatoms. The van der Waals surface area contributed by atoms with E-state index in [1.54, 1.807) is 7.05 Å². The van der Waals surface area contributed by atoms with Crippen molar-refractivity contribution < 1.29 is 14.3 Å². The average Bonchev–Trinajstić information content (AvgIpc) is 2.41. The van der Waals surface area contributed by atoms with Crippen molar-refractivity contribution in [2.45, 2.75) is 39.3 Å². The van der Waals surface area contributed by atoms with E-state index in [2.05, 4.69) is 5.32 Å². The Morgan fingerprint density at radius 1 is 1.19 bits per heavy atom. The van der Waals surface area contributed by atoms with Gasteiger partial charge in [0.2, 0.25) is 5.91 Å². The monoisotopic (exact) mass is 292 g/mol. The van der Waals surface area contributed by atoms with Crippen LogP contribution in [0.15, 0.2) is 30.3 Å². The largest absolute Gasteiger partial charge is 0.444 e. The highest BCUT2D eigenvalue weighted by molar-refractivity contribution is 5.77. The van der Waals surface area contributed by atoms with E-state index in [1.165, 1.54) is 4.90 Å². The second kappa shape index (κ2) is 7.67. The number of rotatable bonds is 5. The third kappa shape index (κ3) is 7.34. The molecule has 2 amide bonds. The van der Waals surface area contributed by atoms with Gasteiger partial charge in [-0.1, -0.05) is 30.3 Å². The van der Waals surface area contributed by atoms with Crippen LogP contribution in [0.3, 0.4) is 0 Å². The molecule has 1 aromatic rings. The highest BCUT2D eigenvalue weighted by Gasteiger charge is 2.19. The van der Waals surface area contributed by atoms with Gasteiger partial charge >= 0.3 is 6.09 Å². The second-order valence-electron chi connectivity index (χ2n) is 5.91. The predicted molar refractivity (Wildman–Crippen MR) is 81.8 cm³/mol. The Morgan fingerprint density at radius 3 is 2.38 bits per heavy atom. The van der Waals surface area contributed by atoms with Crippen molar-refractivity contribution in [2.75, 3.05) is 13.6 Å².